The average molecular weight is 358 g/mol. The molecule has 3 rings (SSSR count). The Morgan fingerprint density at radius 1 is 1.27 bits per heavy atom. The van der Waals surface area contributed by atoms with Gasteiger partial charge in [-0.25, -0.2) is 4.98 Å². The molecule has 26 heavy (non-hydrogen) atoms. The smallest absolute Gasteiger partial charge is 0.224 e. The van der Waals surface area contributed by atoms with E-state index in [4.69, 9.17) is 9.26 Å². The van der Waals surface area contributed by atoms with E-state index in [9.17, 15) is 4.79 Å². The van der Waals surface area contributed by atoms with Gasteiger partial charge in [-0.1, -0.05) is 11.2 Å². The van der Waals surface area contributed by atoms with Gasteiger partial charge in [0.25, 0.3) is 0 Å². The number of aryl methyl sites for hydroxylation is 2. The van der Waals surface area contributed by atoms with Crippen LogP contribution >= 0.6 is 0 Å². The molecule has 7 heteroatoms. The number of hydrogen-bond acceptors (Lipinski definition) is 6. The van der Waals surface area contributed by atoms with E-state index in [-0.39, 0.29) is 24.5 Å². The number of nitrogens with zero attached hydrogens (tertiary/aromatic N) is 3. The molecule has 2 aromatic rings. The van der Waals surface area contributed by atoms with E-state index < -0.39 is 0 Å². The zero-order valence-electron chi connectivity index (χ0n) is 15.8. The molecule has 0 aromatic carbocycles. The molecule has 1 amide bonds. The fourth-order valence-electron chi connectivity index (χ4n) is 3.25. The van der Waals surface area contributed by atoms with Crippen molar-refractivity contribution in [2.45, 2.75) is 52.9 Å². The Hall–Kier alpha value is -2.41. The SMILES string of the molecule is Cc1noc(C)c1CC(=O)NCc1ccc(N2C[C@H](C)O[C@@H](C)C2)nc1. The highest BCUT2D eigenvalue weighted by Gasteiger charge is 2.23. The van der Waals surface area contributed by atoms with E-state index in [2.05, 4.69) is 34.2 Å². The first-order valence-electron chi connectivity index (χ1n) is 8.96. The summed E-state index contributed by atoms with van der Waals surface area (Å²) in [6.07, 6.45) is 2.49. The molecule has 1 aliphatic rings. The van der Waals surface area contributed by atoms with Crippen LogP contribution in [0, 0.1) is 13.8 Å². The molecule has 1 saturated heterocycles. The minimum absolute atomic E-state index is 0.0562. The molecule has 0 spiro atoms. The summed E-state index contributed by atoms with van der Waals surface area (Å²) in [5.74, 6) is 1.58. The second kappa shape index (κ2) is 7.86. The quantitative estimate of drug-likeness (QED) is 0.882. The molecule has 140 valence electrons. The minimum Gasteiger partial charge on any atom is -0.372 e. The van der Waals surface area contributed by atoms with E-state index in [0.29, 0.717) is 12.3 Å². The van der Waals surface area contributed by atoms with Crippen LogP contribution in [0.4, 0.5) is 5.82 Å². The molecule has 3 heterocycles. The van der Waals surface area contributed by atoms with Gasteiger partial charge in [-0.05, 0) is 39.3 Å². The fourth-order valence-corrected chi connectivity index (χ4v) is 3.25. The van der Waals surface area contributed by atoms with Crippen molar-refractivity contribution >= 4 is 11.7 Å². The first kappa shape index (κ1) is 18.4. The Labute approximate surface area is 153 Å². The predicted octanol–water partition coefficient (Wildman–Crippen LogP) is 2.16. The van der Waals surface area contributed by atoms with E-state index in [1.165, 1.54) is 0 Å². The molecule has 1 aliphatic heterocycles. The molecule has 0 bridgehead atoms. The molecule has 0 aliphatic carbocycles. The van der Waals surface area contributed by atoms with Crippen molar-refractivity contribution in [3.63, 3.8) is 0 Å². The summed E-state index contributed by atoms with van der Waals surface area (Å²) in [7, 11) is 0. The lowest BCUT2D eigenvalue weighted by Crippen LogP contribution is -2.45. The van der Waals surface area contributed by atoms with Gasteiger partial charge in [0.05, 0.1) is 24.3 Å². The van der Waals surface area contributed by atoms with Crippen LogP contribution < -0.4 is 10.2 Å². The second-order valence-electron chi connectivity index (χ2n) is 6.94. The number of carbonyl (C=O) groups excluding carboxylic acids is 1. The lowest BCUT2D eigenvalue weighted by Gasteiger charge is -2.36. The Balaban J connectivity index is 1.53. The van der Waals surface area contributed by atoms with Crippen molar-refractivity contribution in [3.05, 3.63) is 40.9 Å². The predicted molar refractivity (Wildman–Crippen MR) is 98.0 cm³/mol. The number of amides is 1. The average Bonchev–Trinajstić information content (AvgIpc) is 2.91. The Kier molecular flexibility index (Phi) is 5.56. The van der Waals surface area contributed by atoms with Gasteiger partial charge in [0.1, 0.15) is 11.6 Å². The summed E-state index contributed by atoms with van der Waals surface area (Å²) < 4.78 is 10.8. The zero-order valence-corrected chi connectivity index (χ0v) is 15.8. The summed E-state index contributed by atoms with van der Waals surface area (Å²) in [6.45, 7) is 9.94. The first-order chi connectivity index (χ1) is 12.4. The molecule has 1 fully saturated rings. The second-order valence-corrected chi connectivity index (χ2v) is 6.94. The highest BCUT2D eigenvalue weighted by atomic mass is 16.5. The normalized spacial score (nSPS) is 20.2. The monoisotopic (exact) mass is 358 g/mol. The standard InChI is InChI=1S/C19H26N4O3/c1-12-10-23(11-13(2)25-12)18-6-5-16(8-20-18)9-21-19(24)7-17-14(3)22-26-15(17)4/h5-6,8,12-13H,7,9-11H2,1-4H3,(H,21,24)/t12-,13-/m0/s1. The molecular weight excluding hydrogens is 332 g/mol. The molecule has 0 unspecified atom stereocenters. The Morgan fingerprint density at radius 3 is 2.58 bits per heavy atom. The van der Waals surface area contributed by atoms with Crippen LogP contribution in [0.15, 0.2) is 22.9 Å². The number of carbonyl (C=O) groups is 1. The highest BCUT2D eigenvalue weighted by molar-refractivity contribution is 5.79. The van der Waals surface area contributed by atoms with E-state index >= 15 is 0 Å². The number of hydrogen-bond donors (Lipinski definition) is 1. The van der Waals surface area contributed by atoms with Gasteiger partial charge in [-0.2, -0.15) is 0 Å². The van der Waals surface area contributed by atoms with Gasteiger partial charge in [-0.3, -0.25) is 4.79 Å². The molecule has 0 radical (unpaired) electrons. The topological polar surface area (TPSA) is 80.5 Å². The number of pyridine rings is 1. The largest absolute Gasteiger partial charge is 0.372 e. The summed E-state index contributed by atoms with van der Waals surface area (Å²) in [4.78, 5) is 18.9. The van der Waals surface area contributed by atoms with Crippen molar-refractivity contribution in [1.29, 1.82) is 0 Å². The maximum absolute atomic E-state index is 12.2. The van der Waals surface area contributed by atoms with Crippen LogP contribution in [0.1, 0.15) is 36.4 Å². The first-order valence-corrected chi connectivity index (χ1v) is 8.96. The van der Waals surface area contributed by atoms with Crippen LogP contribution in [-0.2, 0) is 22.5 Å². The molecular formula is C19H26N4O3. The maximum atomic E-state index is 12.2. The van der Waals surface area contributed by atoms with Crippen molar-refractivity contribution in [2.24, 2.45) is 0 Å². The molecule has 0 saturated carbocycles. The number of morpholine rings is 1. The number of nitrogens with one attached hydrogen (secondary N) is 1. The van der Waals surface area contributed by atoms with Crippen LogP contribution in [0.5, 0.6) is 0 Å². The molecule has 2 aromatic heterocycles. The number of ether oxygens (including phenoxy) is 1. The number of anilines is 1. The van der Waals surface area contributed by atoms with Crippen LogP contribution in [0.25, 0.3) is 0 Å². The van der Waals surface area contributed by atoms with Crippen LogP contribution in [0.2, 0.25) is 0 Å². The molecule has 7 nitrogen and oxygen atoms in total. The summed E-state index contributed by atoms with van der Waals surface area (Å²) in [6, 6.07) is 4.00. The van der Waals surface area contributed by atoms with Crippen molar-refractivity contribution < 1.29 is 14.1 Å². The Bertz CT molecular complexity index is 727. The van der Waals surface area contributed by atoms with Crippen LogP contribution in [-0.4, -0.2) is 41.3 Å². The third-order valence-corrected chi connectivity index (χ3v) is 4.56. The van der Waals surface area contributed by atoms with E-state index in [0.717, 1.165) is 35.7 Å². The van der Waals surface area contributed by atoms with Gasteiger partial charge >= 0.3 is 0 Å². The summed E-state index contributed by atoms with van der Waals surface area (Å²) >= 11 is 0. The summed E-state index contributed by atoms with van der Waals surface area (Å²) in [5.41, 5.74) is 2.58. The van der Waals surface area contributed by atoms with E-state index in [1.807, 2.05) is 32.2 Å². The van der Waals surface area contributed by atoms with Gasteiger partial charge in [0, 0.05) is 31.4 Å². The van der Waals surface area contributed by atoms with Gasteiger partial charge in [0.15, 0.2) is 0 Å². The third-order valence-electron chi connectivity index (χ3n) is 4.56. The zero-order chi connectivity index (χ0) is 18.7. The Morgan fingerprint density at radius 2 is 2.00 bits per heavy atom. The highest BCUT2D eigenvalue weighted by Crippen LogP contribution is 2.18. The molecule has 2 atom stereocenters. The van der Waals surface area contributed by atoms with Crippen molar-refractivity contribution in [3.8, 4) is 0 Å². The van der Waals surface area contributed by atoms with Crippen LogP contribution in [0.3, 0.4) is 0 Å². The van der Waals surface area contributed by atoms with Crippen molar-refractivity contribution in [2.75, 3.05) is 18.0 Å². The van der Waals surface area contributed by atoms with Gasteiger partial charge in [0.2, 0.25) is 5.91 Å². The number of rotatable bonds is 5. The van der Waals surface area contributed by atoms with Crippen molar-refractivity contribution in [1.82, 2.24) is 15.5 Å². The van der Waals surface area contributed by atoms with Gasteiger partial charge in [-0.15, -0.1) is 0 Å². The van der Waals surface area contributed by atoms with Gasteiger partial charge < -0.3 is 19.5 Å². The number of aromatic nitrogens is 2. The maximum Gasteiger partial charge on any atom is 0.224 e. The lowest BCUT2D eigenvalue weighted by atomic mass is 10.1. The molecule has 1 N–H and O–H groups in total. The third kappa shape index (κ3) is 4.40. The summed E-state index contributed by atoms with van der Waals surface area (Å²) in [5, 5.41) is 6.80. The lowest BCUT2D eigenvalue weighted by molar-refractivity contribution is -0.120. The fraction of sp³-hybridized carbons (Fsp3) is 0.526. The van der Waals surface area contributed by atoms with E-state index in [1.54, 1.807) is 0 Å². The minimum atomic E-state index is -0.0562.